The lowest BCUT2D eigenvalue weighted by Crippen LogP contribution is -2.26. The quantitative estimate of drug-likeness (QED) is 0.440. The van der Waals surface area contributed by atoms with E-state index >= 15 is 0 Å². The number of H-pyrrole nitrogens is 1. The van der Waals surface area contributed by atoms with Gasteiger partial charge in [-0.2, -0.15) is 0 Å². The Morgan fingerprint density at radius 1 is 1.21 bits per heavy atom. The van der Waals surface area contributed by atoms with Gasteiger partial charge in [-0.3, -0.25) is 14.9 Å². The molecule has 146 valence electrons. The number of para-hydroxylation sites is 1. The summed E-state index contributed by atoms with van der Waals surface area (Å²) in [5.74, 6) is -0.322. The lowest BCUT2D eigenvalue weighted by atomic mass is 9.87. The van der Waals surface area contributed by atoms with Crippen molar-refractivity contribution in [3.05, 3.63) is 75.5 Å². The maximum atomic E-state index is 12.5. The SMILES string of the molecule is CCCNC(=O)C[C@H](c1cccc([N+](=O)[O-])c1)c1c[nH]c2c(CC)cccc12. The van der Waals surface area contributed by atoms with Crippen LogP contribution in [0.3, 0.4) is 0 Å². The Kier molecular flexibility index (Phi) is 6.09. The first kappa shape index (κ1) is 19.6. The monoisotopic (exact) mass is 379 g/mol. The van der Waals surface area contributed by atoms with Gasteiger partial charge in [0.25, 0.3) is 5.69 Å². The molecule has 1 heterocycles. The van der Waals surface area contributed by atoms with Crippen molar-refractivity contribution in [3.8, 4) is 0 Å². The Labute approximate surface area is 164 Å². The topological polar surface area (TPSA) is 88.0 Å². The molecule has 6 nitrogen and oxygen atoms in total. The fraction of sp³-hybridized carbons (Fsp3) is 0.318. The molecule has 0 spiro atoms. The number of aryl methyl sites for hydroxylation is 1. The van der Waals surface area contributed by atoms with Gasteiger partial charge in [-0.05, 0) is 29.5 Å². The zero-order valence-electron chi connectivity index (χ0n) is 16.2. The molecule has 2 N–H and O–H groups in total. The third-order valence-electron chi connectivity index (χ3n) is 5.04. The number of hydrogen-bond donors (Lipinski definition) is 2. The normalized spacial score (nSPS) is 12.1. The average molecular weight is 379 g/mol. The third-order valence-corrected chi connectivity index (χ3v) is 5.04. The van der Waals surface area contributed by atoms with Gasteiger partial charge in [0, 0.05) is 48.1 Å². The molecule has 1 aromatic heterocycles. The van der Waals surface area contributed by atoms with E-state index in [9.17, 15) is 14.9 Å². The van der Waals surface area contributed by atoms with E-state index in [1.165, 1.54) is 11.6 Å². The van der Waals surface area contributed by atoms with Crippen LogP contribution in [0.15, 0.2) is 48.7 Å². The highest BCUT2D eigenvalue weighted by atomic mass is 16.6. The second-order valence-corrected chi connectivity index (χ2v) is 6.90. The van der Waals surface area contributed by atoms with E-state index in [1.807, 2.05) is 31.3 Å². The first-order valence-corrected chi connectivity index (χ1v) is 9.65. The molecule has 0 aliphatic heterocycles. The molecular formula is C22H25N3O3. The molecule has 0 unspecified atom stereocenters. The Bertz CT molecular complexity index is 994. The minimum atomic E-state index is -0.401. The number of amides is 1. The number of fused-ring (bicyclic) bond motifs is 1. The summed E-state index contributed by atoms with van der Waals surface area (Å²) in [5, 5.41) is 15.2. The predicted molar refractivity (Wildman–Crippen MR) is 111 cm³/mol. The molecule has 3 rings (SSSR count). The number of nitro benzene ring substituents is 1. The van der Waals surface area contributed by atoms with E-state index in [0.717, 1.165) is 34.9 Å². The number of benzene rings is 2. The summed E-state index contributed by atoms with van der Waals surface area (Å²) in [5.41, 5.74) is 4.05. The van der Waals surface area contributed by atoms with Crippen molar-refractivity contribution < 1.29 is 9.72 Å². The first-order chi connectivity index (χ1) is 13.5. The van der Waals surface area contributed by atoms with Gasteiger partial charge in [0.1, 0.15) is 0 Å². The van der Waals surface area contributed by atoms with Crippen molar-refractivity contribution in [2.24, 2.45) is 0 Å². The maximum Gasteiger partial charge on any atom is 0.269 e. The number of rotatable bonds is 8. The molecule has 1 amide bonds. The molecule has 3 aromatic rings. The Hall–Kier alpha value is -3.15. The van der Waals surface area contributed by atoms with E-state index in [4.69, 9.17) is 0 Å². The van der Waals surface area contributed by atoms with Crippen LogP contribution in [0.4, 0.5) is 5.69 Å². The van der Waals surface area contributed by atoms with Crippen molar-refractivity contribution >= 4 is 22.5 Å². The molecule has 0 saturated carbocycles. The minimum absolute atomic E-state index is 0.0329. The van der Waals surface area contributed by atoms with Crippen LogP contribution in [0.25, 0.3) is 10.9 Å². The summed E-state index contributed by atoms with van der Waals surface area (Å²) >= 11 is 0. The smallest absolute Gasteiger partial charge is 0.269 e. The largest absolute Gasteiger partial charge is 0.361 e. The van der Waals surface area contributed by atoms with Gasteiger partial charge in [-0.15, -0.1) is 0 Å². The Morgan fingerprint density at radius 2 is 2.00 bits per heavy atom. The van der Waals surface area contributed by atoms with Gasteiger partial charge in [0.15, 0.2) is 0 Å². The number of hydrogen-bond acceptors (Lipinski definition) is 3. The van der Waals surface area contributed by atoms with E-state index in [1.54, 1.807) is 12.1 Å². The van der Waals surface area contributed by atoms with E-state index in [0.29, 0.717) is 6.54 Å². The van der Waals surface area contributed by atoms with Crippen molar-refractivity contribution in [2.75, 3.05) is 6.54 Å². The zero-order chi connectivity index (χ0) is 20.1. The summed E-state index contributed by atoms with van der Waals surface area (Å²) in [6.45, 7) is 4.73. The van der Waals surface area contributed by atoms with Crippen LogP contribution >= 0.6 is 0 Å². The number of aromatic nitrogens is 1. The molecule has 6 heteroatoms. The van der Waals surface area contributed by atoms with Gasteiger partial charge in [-0.25, -0.2) is 0 Å². The number of nitrogens with zero attached hydrogens (tertiary/aromatic N) is 1. The highest BCUT2D eigenvalue weighted by Gasteiger charge is 2.23. The van der Waals surface area contributed by atoms with Gasteiger partial charge in [0.2, 0.25) is 5.91 Å². The second-order valence-electron chi connectivity index (χ2n) is 6.90. The van der Waals surface area contributed by atoms with Crippen molar-refractivity contribution in [3.63, 3.8) is 0 Å². The highest BCUT2D eigenvalue weighted by Crippen LogP contribution is 2.35. The molecule has 0 aliphatic rings. The molecular weight excluding hydrogens is 354 g/mol. The predicted octanol–water partition coefficient (Wildman–Crippen LogP) is 4.69. The van der Waals surface area contributed by atoms with Crippen LogP contribution in [0, 0.1) is 10.1 Å². The summed E-state index contributed by atoms with van der Waals surface area (Å²) in [7, 11) is 0. The van der Waals surface area contributed by atoms with Crippen LogP contribution in [0.2, 0.25) is 0 Å². The van der Waals surface area contributed by atoms with Crippen LogP contribution in [0.5, 0.6) is 0 Å². The van der Waals surface area contributed by atoms with Gasteiger partial charge < -0.3 is 10.3 Å². The Morgan fingerprint density at radius 3 is 2.71 bits per heavy atom. The number of carbonyl (C=O) groups is 1. The standard InChI is InChI=1S/C22H25N3O3/c1-3-11-23-21(26)13-19(16-8-5-9-17(12-16)25(27)28)20-14-24-22-15(4-2)7-6-10-18(20)22/h5-10,12,14,19,24H,3-4,11,13H2,1-2H3,(H,23,26)/t19-/m1/s1. The van der Waals surface area contributed by atoms with E-state index in [-0.39, 0.29) is 23.9 Å². The second kappa shape index (κ2) is 8.69. The summed E-state index contributed by atoms with van der Waals surface area (Å²) in [6, 6.07) is 12.7. The third kappa shape index (κ3) is 4.06. The lowest BCUT2D eigenvalue weighted by molar-refractivity contribution is -0.384. The molecule has 28 heavy (non-hydrogen) atoms. The summed E-state index contributed by atoms with van der Waals surface area (Å²) in [6.07, 6.45) is 3.93. The number of non-ortho nitro benzene ring substituents is 1. The molecule has 0 bridgehead atoms. The van der Waals surface area contributed by atoms with Crippen molar-refractivity contribution in [2.45, 2.75) is 39.0 Å². The fourth-order valence-electron chi connectivity index (χ4n) is 3.61. The molecule has 2 aromatic carbocycles. The van der Waals surface area contributed by atoms with Gasteiger partial charge in [-0.1, -0.05) is 44.2 Å². The van der Waals surface area contributed by atoms with Crippen LogP contribution in [0.1, 0.15) is 49.3 Å². The van der Waals surface area contributed by atoms with Crippen molar-refractivity contribution in [1.82, 2.24) is 10.3 Å². The Balaban J connectivity index is 2.08. The fourth-order valence-corrected chi connectivity index (χ4v) is 3.61. The minimum Gasteiger partial charge on any atom is -0.361 e. The average Bonchev–Trinajstić information content (AvgIpc) is 3.14. The maximum absolute atomic E-state index is 12.5. The zero-order valence-corrected chi connectivity index (χ0v) is 16.2. The molecule has 1 atom stereocenters. The number of carbonyl (C=O) groups excluding carboxylic acids is 1. The first-order valence-electron chi connectivity index (χ1n) is 9.65. The number of nitrogens with one attached hydrogen (secondary N) is 2. The van der Waals surface area contributed by atoms with Crippen molar-refractivity contribution in [1.29, 1.82) is 0 Å². The van der Waals surface area contributed by atoms with Crippen LogP contribution < -0.4 is 5.32 Å². The van der Waals surface area contributed by atoms with E-state index < -0.39 is 4.92 Å². The molecule has 0 aliphatic carbocycles. The number of nitro groups is 1. The molecule has 0 saturated heterocycles. The summed E-state index contributed by atoms with van der Waals surface area (Å²) < 4.78 is 0. The van der Waals surface area contributed by atoms with Gasteiger partial charge >= 0.3 is 0 Å². The summed E-state index contributed by atoms with van der Waals surface area (Å²) in [4.78, 5) is 26.7. The number of aromatic amines is 1. The van der Waals surface area contributed by atoms with Gasteiger partial charge in [0.05, 0.1) is 4.92 Å². The van der Waals surface area contributed by atoms with Crippen LogP contribution in [-0.2, 0) is 11.2 Å². The van der Waals surface area contributed by atoms with E-state index in [2.05, 4.69) is 23.3 Å². The molecule has 0 radical (unpaired) electrons. The van der Waals surface area contributed by atoms with Crippen LogP contribution in [-0.4, -0.2) is 22.4 Å². The lowest BCUT2D eigenvalue weighted by Gasteiger charge is -2.17. The highest BCUT2D eigenvalue weighted by molar-refractivity contribution is 5.88. The molecule has 0 fully saturated rings.